The first-order valence-corrected chi connectivity index (χ1v) is 10.8. The van der Waals surface area contributed by atoms with Crippen LogP contribution in [0, 0.1) is 5.41 Å². The minimum Gasteiger partial charge on any atom is -0.393 e. The standard InChI is InChI=1S/C21H18Br2N2O4/c22-13-5-1-3-11(7-13)16-9-15(26)10-17(12-4-2-6-14(23)8-12)21(16)18(27)24-20(29)25-19(21)28/h1-8,15-17,26H,9-10H2,(H2,24,25,27,28,29)/t15?,16-,17+. The first-order valence-electron chi connectivity index (χ1n) is 9.18. The molecule has 3 atom stereocenters. The normalized spacial score (nSPS) is 26.2. The number of nitrogens with one attached hydrogen (secondary N) is 2. The van der Waals surface area contributed by atoms with E-state index in [2.05, 4.69) is 42.5 Å². The highest BCUT2D eigenvalue weighted by Crippen LogP contribution is 2.56. The predicted molar refractivity (Wildman–Crippen MR) is 113 cm³/mol. The number of benzene rings is 2. The number of halogens is 2. The monoisotopic (exact) mass is 520 g/mol. The third kappa shape index (κ3) is 3.43. The summed E-state index contributed by atoms with van der Waals surface area (Å²) >= 11 is 6.88. The first-order chi connectivity index (χ1) is 13.8. The molecule has 1 aliphatic carbocycles. The molecule has 0 aromatic heterocycles. The van der Waals surface area contributed by atoms with Crippen molar-refractivity contribution < 1.29 is 19.5 Å². The minimum atomic E-state index is -1.56. The molecule has 1 heterocycles. The van der Waals surface area contributed by atoms with Crippen LogP contribution in [0.15, 0.2) is 57.5 Å². The maximum atomic E-state index is 13.3. The summed E-state index contributed by atoms with van der Waals surface area (Å²) < 4.78 is 1.61. The van der Waals surface area contributed by atoms with Gasteiger partial charge in [-0.25, -0.2) is 4.79 Å². The maximum absolute atomic E-state index is 13.3. The molecule has 1 spiro atoms. The van der Waals surface area contributed by atoms with Crippen LogP contribution in [0.1, 0.15) is 35.8 Å². The molecule has 2 fully saturated rings. The fourth-order valence-corrected chi connectivity index (χ4v) is 5.51. The van der Waals surface area contributed by atoms with Gasteiger partial charge in [-0.1, -0.05) is 56.1 Å². The van der Waals surface area contributed by atoms with Gasteiger partial charge in [0.05, 0.1) is 6.10 Å². The number of imide groups is 2. The number of rotatable bonds is 2. The number of hydrogen-bond donors (Lipinski definition) is 3. The molecule has 150 valence electrons. The number of barbiturate groups is 1. The molecule has 0 bridgehead atoms. The zero-order valence-corrected chi connectivity index (χ0v) is 18.4. The van der Waals surface area contributed by atoms with Gasteiger partial charge in [-0.05, 0) is 48.2 Å². The van der Waals surface area contributed by atoms with Gasteiger partial charge in [0.2, 0.25) is 11.8 Å². The highest BCUT2D eigenvalue weighted by atomic mass is 79.9. The van der Waals surface area contributed by atoms with Gasteiger partial charge in [0, 0.05) is 20.8 Å². The van der Waals surface area contributed by atoms with Crippen LogP contribution >= 0.6 is 31.9 Å². The second kappa shape index (κ2) is 7.66. The van der Waals surface area contributed by atoms with Crippen molar-refractivity contribution in [1.82, 2.24) is 10.6 Å². The van der Waals surface area contributed by atoms with Gasteiger partial charge >= 0.3 is 6.03 Å². The lowest BCUT2D eigenvalue weighted by atomic mass is 9.54. The summed E-state index contributed by atoms with van der Waals surface area (Å²) in [5.74, 6) is -2.48. The highest BCUT2D eigenvalue weighted by Gasteiger charge is 2.63. The van der Waals surface area contributed by atoms with Crippen LogP contribution in [0.2, 0.25) is 0 Å². The van der Waals surface area contributed by atoms with Crippen LogP contribution in [-0.2, 0) is 9.59 Å². The molecule has 0 radical (unpaired) electrons. The van der Waals surface area contributed by atoms with Crippen LogP contribution in [0.4, 0.5) is 4.79 Å². The molecule has 1 aliphatic heterocycles. The fraction of sp³-hybridized carbons (Fsp3) is 0.286. The third-order valence-electron chi connectivity index (χ3n) is 5.82. The molecule has 29 heavy (non-hydrogen) atoms. The van der Waals surface area contributed by atoms with Crippen molar-refractivity contribution in [2.45, 2.75) is 30.8 Å². The number of aliphatic hydroxyl groups excluding tert-OH is 1. The Balaban J connectivity index is 1.95. The van der Waals surface area contributed by atoms with Crippen molar-refractivity contribution in [3.8, 4) is 0 Å². The molecule has 4 amide bonds. The molecule has 2 aliphatic rings. The number of amides is 4. The zero-order valence-electron chi connectivity index (χ0n) is 15.2. The second-order valence-corrected chi connectivity index (χ2v) is 9.28. The molecule has 3 N–H and O–H groups in total. The average Bonchev–Trinajstić information content (AvgIpc) is 2.66. The molecule has 4 rings (SSSR count). The lowest BCUT2D eigenvalue weighted by Crippen LogP contribution is -2.68. The van der Waals surface area contributed by atoms with Crippen molar-refractivity contribution in [2.24, 2.45) is 5.41 Å². The lowest BCUT2D eigenvalue weighted by molar-refractivity contribution is -0.152. The molecule has 1 saturated heterocycles. The van der Waals surface area contributed by atoms with E-state index >= 15 is 0 Å². The molecule has 1 unspecified atom stereocenters. The predicted octanol–water partition coefficient (Wildman–Crippen LogP) is 3.59. The zero-order chi connectivity index (χ0) is 20.8. The van der Waals surface area contributed by atoms with E-state index < -0.39 is 41.2 Å². The Labute approximate surface area is 184 Å². The van der Waals surface area contributed by atoms with Gasteiger partial charge in [0.25, 0.3) is 0 Å². The van der Waals surface area contributed by atoms with E-state index in [-0.39, 0.29) is 12.8 Å². The number of urea groups is 1. The summed E-state index contributed by atoms with van der Waals surface area (Å²) in [6.07, 6.45) is -0.238. The number of carbonyl (C=O) groups is 3. The van der Waals surface area contributed by atoms with Crippen LogP contribution < -0.4 is 10.6 Å². The second-order valence-electron chi connectivity index (χ2n) is 7.45. The summed E-state index contributed by atoms with van der Waals surface area (Å²) in [4.78, 5) is 38.5. The number of hydrogen-bond acceptors (Lipinski definition) is 4. The minimum absolute atomic E-state index is 0.232. The summed E-state index contributed by atoms with van der Waals surface area (Å²) in [6, 6.07) is 13.9. The first kappa shape index (κ1) is 20.3. The maximum Gasteiger partial charge on any atom is 0.328 e. The fourth-order valence-electron chi connectivity index (χ4n) is 4.68. The van der Waals surface area contributed by atoms with Gasteiger partial charge in [-0.2, -0.15) is 0 Å². The average molecular weight is 522 g/mol. The smallest absolute Gasteiger partial charge is 0.328 e. The third-order valence-corrected chi connectivity index (χ3v) is 6.81. The van der Waals surface area contributed by atoms with Crippen LogP contribution in [0.5, 0.6) is 0 Å². The van der Waals surface area contributed by atoms with E-state index in [9.17, 15) is 19.5 Å². The summed E-state index contributed by atoms with van der Waals surface area (Å²) in [5, 5.41) is 15.3. The lowest BCUT2D eigenvalue weighted by Gasteiger charge is -2.50. The summed E-state index contributed by atoms with van der Waals surface area (Å²) in [5.41, 5.74) is -0.0649. The molecule has 1 saturated carbocycles. The van der Waals surface area contributed by atoms with Crippen molar-refractivity contribution in [3.05, 3.63) is 68.6 Å². The van der Waals surface area contributed by atoms with Crippen molar-refractivity contribution in [2.75, 3.05) is 0 Å². The van der Waals surface area contributed by atoms with E-state index in [0.717, 1.165) is 20.1 Å². The number of carbonyl (C=O) groups excluding carboxylic acids is 3. The van der Waals surface area contributed by atoms with E-state index in [0.29, 0.717) is 0 Å². The molecule has 6 nitrogen and oxygen atoms in total. The highest BCUT2D eigenvalue weighted by molar-refractivity contribution is 9.10. The van der Waals surface area contributed by atoms with E-state index in [4.69, 9.17) is 0 Å². The molecular weight excluding hydrogens is 504 g/mol. The summed E-state index contributed by atoms with van der Waals surface area (Å²) in [7, 11) is 0. The van der Waals surface area contributed by atoms with E-state index in [1.807, 2.05) is 48.5 Å². The van der Waals surface area contributed by atoms with Crippen molar-refractivity contribution in [3.63, 3.8) is 0 Å². The molecule has 8 heteroatoms. The van der Waals surface area contributed by atoms with Crippen LogP contribution in [-0.4, -0.2) is 29.1 Å². The van der Waals surface area contributed by atoms with Crippen LogP contribution in [0.3, 0.4) is 0 Å². The van der Waals surface area contributed by atoms with Gasteiger partial charge in [0.15, 0.2) is 0 Å². The van der Waals surface area contributed by atoms with Crippen LogP contribution in [0.25, 0.3) is 0 Å². The Morgan fingerprint density at radius 3 is 1.69 bits per heavy atom. The number of aliphatic hydroxyl groups is 1. The largest absolute Gasteiger partial charge is 0.393 e. The van der Waals surface area contributed by atoms with Crippen molar-refractivity contribution in [1.29, 1.82) is 0 Å². The van der Waals surface area contributed by atoms with Gasteiger partial charge in [-0.3, -0.25) is 20.2 Å². The Morgan fingerprint density at radius 2 is 1.28 bits per heavy atom. The van der Waals surface area contributed by atoms with Gasteiger partial charge in [0.1, 0.15) is 5.41 Å². The Bertz CT molecular complexity index is 932. The topological polar surface area (TPSA) is 95.5 Å². The Kier molecular flexibility index (Phi) is 5.35. The van der Waals surface area contributed by atoms with Gasteiger partial charge in [-0.15, -0.1) is 0 Å². The quantitative estimate of drug-likeness (QED) is 0.526. The van der Waals surface area contributed by atoms with E-state index in [1.165, 1.54) is 0 Å². The Morgan fingerprint density at radius 1 is 0.828 bits per heavy atom. The van der Waals surface area contributed by atoms with E-state index in [1.54, 1.807) is 0 Å². The van der Waals surface area contributed by atoms with Gasteiger partial charge < -0.3 is 5.11 Å². The Hall–Kier alpha value is -2.03. The summed E-state index contributed by atoms with van der Waals surface area (Å²) in [6.45, 7) is 0. The molecular formula is C21H18Br2N2O4. The van der Waals surface area contributed by atoms with Crippen molar-refractivity contribution >= 4 is 49.7 Å². The molecule has 2 aromatic rings. The molecule has 2 aromatic carbocycles. The SMILES string of the molecule is O=C1NC(=O)C2(C(=O)N1)[C@@H](c1cccc(Br)c1)CC(O)C[C@H]2c1cccc(Br)c1.